The molecule has 3 atom stereocenters. The molecule has 7 nitrogen and oxygen atoms in total. The van der Waals surface area contributed by atoms with Crippen molar-refractivity contribution in [3.05, 3.63) is 65.0 Å². The predicted octanol–water partition coefficient (Wildman–Crippen LogP) is 4.40. The number of nitriles is 1. The second kappa shape index (κ2) is 11.0. The minimum Gasteiger partial charge on any atom is -0.437 e. The highest BCUT2D eigenvalue weighted by Crippen LogP contribution is 2.65. The molecule has 5 rings (SSSR count). The molecule has 0 radical (unpaired) electrons. The van der Waals surface area contributed by atoms with Gasteiger partial charge in [0.1, 0.15) is 5.82 Å². The number of anilines is 1. The number of halogens is 4. The smallest absolute Gasteiger partial charge is 0.419 e. The number of carbonyl (C=O) groups is 1. The van der Waals surface area contributed by atoms with Crippen LogP contribution < -0.4 is 5.32 Å². The topological polar surface area (TPSA) is 82.8 Å². The summed E-state index contributed by atoms with van der Waals surface area (Å²) in [5, 5.41) is 21.8. The van der Waals surface area contributed by atoms with Gasteiger partial charge in [-0.25, -0.2) is 9.18 Å². The van der Waals surface area contributed by atoms with Crippen molar-refractivity contribution in [2.45, 2.75) is 43.7 Å². The molecular formula is C28H32BF4N5O2. The third-order valence-corrected chi connectivity index (χ3v) is 8.83. The average Bonchev–Trinajstić information content (AvgIpc) is 3.56. The van der Waals surface area contributed by atoms with Gasteiger partial charge in [-0.05, 0) is 67.9 Å². The van der Waals surface area contributed by atoms with E-state index in [0.29, 0.717) is 43.9 Å². The maximum atomic E-state index is 13.8. The highest BCUT2D eigenvalue weighted by molar-refractivity contribution is 6.45. The molecule has 0 aromatic heterocycles. The molecule has 2 saturated carbocycles. The number of carbonyl (C=O) groups excluding carboxylic acids is 1. The average molecular weight is 557 g/mol. The first-order valence-electron chi connectivity index (χ1n) is 13.6. The van der Waals surface area contributed by atoms with Crippen LogP contribution in [0.15, 0.2) is 42.5 Å². The van der Waals surface area contributed by atoms with Gasteiger partial charge in [0.25, 0.3) is 0 Å². The van der Waals surface area contributed by atoms with Crippen LogP contribution in [0.4, 0.5) is 28.0 Å². The molecule has 1 aliphatic heterocycles. The Labute approximate surface area is 231 Å². The Morgan fingerprint density at radius 1 is 1.23 bits per heavy atom. The zero-order valence-electron chi connectivity index (χ0n) is 22.3. The van der Waals surface area contributed by atoms with Crippen molar-refractivity contribution in [3.8, 4) is 6.07 Å². The monoisotopic (exact) mass is 557 g/mol. The zero-order chi connectivity index (χ0) is 28.7. The lowest BCUT2D eigenvalue weighted by atomic mass is 9.84. The Morgan fingerprint density at radius 2 is 1.98 bits per heavy atom. The maximum Gasteiger partial charge on any atom is 0.419 e. The summed E-state index contributed by atoms with van der Waals surface area (Å²) < 4.78 is 53.7. The molecule has 1 saturated heterocycles. The van der Waals surface area contributed by atoms with E-state index in [-0.39, 0.29) is 23.1 Å². The number of piperazine rings is 1. The number of amides is 2. The summed E-state index contributed by atoms with van der Waals surface area (Å²) in [6.07, 6.45) is -2.42. The third kappa shape index (κ3) is 5.68. The van der Waals surface area contributed by atoms with Crippen LogP contribution in [0.25, 0.3) is 0 Å². The minimum atomic E-state index is -4.88. The molecule has 2 N–H and O–H groups in total. The third-order valence-electron chi connectivity index (χ3n) is 8.83. The van der Waals surface area contributed by atoms with Crippen LogP contribution in [0.3, 0.4) is 0 Å². The molecule has 3 fully saturated rings. The first-order valence-corrected chi connectivity index (χ1v) is 13.6. The second-order valence-electron chi connectivity index (χ2n) is 11.1. The molecule has 1 heterocycles. The summed E-state index contributed by atoms with van der Waals surface area (Å²) in [4.78, 5) is 19.5. The van der Waals surface area contributed by atoms with E-state index in [1.807, 2.05) is 23.0 Å². The van der Waals surface area contributed by atoms with E-state index >= 15 is 0 Å². The van der Waals surface area contributed by atoms with Crippen molar-refractivity contribution in [1.82, 2.24) is 14.6 Å². The number of urea groups is 1. The van der Waals surface area contributed by atoms with E-state index < -0.39 is 30.6 Å². The molecule has 0 spiro atoms. The van der Waals surface area contributed by atoms with E-state index in [1.54, 1.807) is 17.8 Å². The second-order valence-corrected chi connectivity index (χ2v) is 11.1. The lowest BCUT2D eigenvalue weighted by molar-refractivity contribution is -0.139. The number of hydrogen-bond donors (Lipinski definition) is 2. The maximum absolute atomic E-state index is 13.8. The van der Waals surface area contributed by atoms with E-state index in [1.165, 1.54) is 0 Å². The highest BCUT2D eigenvalue weighted by Gasteiger charge is 2.64. The summed E-state index contributed by atoms with van der Waals surface area (Å²) in [5.41, 5.74) is 0.0205. The molecule has 0 bridgehead atoms. The van der Waals surface area contributed by atoms with E-state index in [0.717, 1.165) is 44.0 Å². The van der Waals surface area contributed by atoms with Crippen LogP contribution in [0.2, 0.25) is 6.82 Å². The zero-order valence-corrected chi connectivity index (χ0v) is 22.3. The van der Waals surface area contributed by atoms with Crippen molar-refractivity contribution in [2.24, 2.45) is 5.92 Å². The number of hydrogen-bond acceptors (Lipinski definition) is 5. The Kier molecular flexibility index (Phi) is 7.83. The van der Waals surface area contributed by atoms with Crippen LogP contribution in [0, 0.1) is 23.1 Å². The molecule has 2 aliphatic carbocycles. The fourth-order valence-electron chi connectivity index (χ4n) is 6.52. The van der Waals surface area contributed by atoms with Gasteiger partial charge in [0.05, 0.1) is 17.2 Å². The highest BCUT2D eigenvalue weighted by atomic mass is 19.4. The Bertz CT molecular complexity index is 1290. The predicted molar refractivity (Wildman–Crippen MR) is 143 cm³/mol. The fraction of sp³-hybridized carbons (Fsp3) is 0.500. The number of rotatable bonds is 7. The summed E-state index contributed by atoms with van der Waals surface area (Å²) in [7, 11) is -0.525. The minimum absolute atomic E-state index is 0.113. The number of benzene rings is 2. The lowest BCUT2D eigenvalue weighted by Gasteiger charge is -2.37. The quantitative estimate of drug-likeness (QED) is 0.390. The number of nitrogens with zero attached hydrogens (tertiary/aromatic N) is 4. The van der Waals surface area contributed by atoms with Crippen LogP contribution in [0.1, 0.15) is 36.0 Å². The molecule has 3 aliphatic rings. The van der Waals surface area contributed by atoms with Gasteiger partial charge >= 0.3 is 19.3 Å². The first-order chi connectivity index (χ1) is 19.0. The molecule has 2 aromatic carbocycles. The lowest BCUT2D eigenvalue weighted by Crippen LogP contribution is -2.54. The van der Waals surface area contributed by atoms with Crippen LogP contribution in [-0.2, 0) is 11.6 Å². The Balaban J connectivity index is 1.34. The molecule has 212 valence electrons. The van der Waals surface area contributed by atoms with Crippen LogP contribution in [0.5, 0.6) is 0 Å². The van der Waals surface area contributed by atoms with Gasteiger partial charge in [-0.1, -0.05) is 12.1 Å². The molecule has 40 heavy (non-hydrogen) atoms. The van der Waals surface area contributed by atoms with Crippen LogP contribution in [-0.4, -0.2) is 78.0 Å². The Hall–Kier alpha value is -3.14. The van der Waals surface area contributed by atoms with Crippen molar-refractivity contribution in [3.63, 3.8) is 0 Å². The largest absolute Gasteiger partial charge is 0.437 e. The van der Waals surface area contributed by atoms with Gasteiger partial charge in [-0.3, -0.25) is 4.90 Å². The van der Waals surface area contributed by atoms with Crippen LogP contribution >= 0.6 is 0 Å². The number of fused-ring (bicyclic) bond motifs is 1. The van der Waals surface area contributed by atoms with E-state index in [9.17, 15) is 32.6 Å². The standard InChI is InChI=1S/C28H32BF4N5O2/c1-29(40)37-12-9-36(10-13-37)11-14-38(26(39)35-21-5-6-24(30)22(16-21)28(31,32)33)25-7-8-27(17-23(25)27)20-4-2-3-19(15-20)18-34/h2-6,15-16,23,25,40H,7-14,17H2,1H3,(H,35,39)/t23-,25-,27-/m1/s1. The van der Waals surface area contributed by atoms with E-state index in [2.05, 4.69) is 16.3 Å². The summed E-state index contributed by atoms with van der Waals surface area (Å²) in [6, 6.07) is 11.6. The summed E-state index contributed by atoms with van der Waals surface area (Å²) in [6.45, 7) is 5.55. The van der Waals surface area contributed by atoms with Gasteiger partial charge < -0.3 is 20.1 Å². The van der Waals surface area contributed by atoms with Gasteiger partial charge in [-0.15, -0.1) is 0 Å². The SMILES string of the molecule is CB(O)N1CCN(CCN(C(=O)Nc2ccc(F)c(C(F)(F)F)c2)[C@@H]2CC[C@]3(c4cccc(C#N)c4)C[C@H]23)CC1. The van der Waals surface area contributed by atoms with E-state index in [4.69, 9.17) is 0 Å². The molecule has 2 amide bonds. The van der Waals surface area contributed by atoms with Gasteiger partial charge in [0.2, 0.25) is 0 Å². The Morgan fingerprint density at radius 3 is 2.62 bits per heavy atom. The van der Waals surface area contributed by atoms with Crippen molar-refractivity contribution in [1.29, 1.82) is 5.26 Å². The van der Waals surface area contributed by atoms with Crippen molar-refractivity contribution >= 4 is 18.8 Å². The number of nitrogens with one attached hydrogen (secondary N) is 1. The first kappa shape index (κ1) is 28.4. The van der Waals surface area contributed by atoms with Crippen molar-refractivity contribution in [2.75, 3.05) is 44.6 Å². The summed E-state index contributed by atoms with van der Waals surface area (Å²) >= 11 is 0. The summed E-state index contributed by atoms with van der Waals surface area (Å²) in [5.74, 6) is -1.21. The van der Waals surface area contributed by atoms with Crippen molar-refractivity contribution < 1.29 is 27.4 Å². The fourth-order valence-corrected chi connectivity index (χ4v) is 6.52. The van der Waals surface area contributed by atoms with Gasteiger partial charge in [0, 0.05) is 56.4 Å². The molecule has 2 aromatic rings. The molecule has 0 unspecified atom stereocenters. The normalized spacial score (nSPS) is 24.7. The van der Waals surface area contributed by atoms with Gasteiger partial charge in [-0.2, -0.15) is 18.4 Å². The molecular weight excluding hydrogens is 525 g/mol. The molecule has 12 heteroatoms. The number of alkyl halides is 3. The van der Waals surface area contributed by atoms with Gasteiger partial charge in [0.15, 0.2) is 0 Å².